The van der Waals surface area contributed by atoms with Crippen LogP contribution in [0.1, 0.15) is 23.4 Å². The molecule has 1 aromatic heterocycles. The first-order valence-corrected chi connectivity index (χ1v) is 5.22. The van der Waals surface area contributed by atoms with Crippen LogP contribution in [-0.2, 0) is 21.8 Å². The fourth-order valence-electron chi connectivity index (χ4n) is 1.35. The zero-order valence-corrected chi connectivity index (χ0v) is 9.80. The van der Waals surface area contributed by atoms with Gasteiger partial charge in [0.1, 0.15) is 0 Å². The van der Waals surface area contributed by atoms with E-state index in [4.69, 9.17) is 17.3 Å². The number of alkyl halides is 3. The Bertz CT molecular complexity index is 427. The largest absolute Gasteiger partial charge is 0.469 e. The molecule has 0 saturated heterocycles. The number of carbonyl (C=O) groups is 1. The van der Waals surface area contributed by atoms with Crippen LogP contribution in [0.5, 0.6) is 0 Å². The van der Waals surface area contributed by atoms with Gasteiger partial charge in [0.05, 0.1) is 36.4 Å². The van der Waals surface area contributed by atoms with Crippen LogP contribution in [0, 0.1) is 0 Å². The monoisotopic (exact) mass is 264 g/mol. The van der Waals surface area contributed by atoms with Crippen molar-refractivity contribution in [3.8, 4) is 0 Å². The maximum absolute atomic E-state index is 12.8. The van der Waals surface area contributed by atoms with Crippen molar-refractivity contribution in [1.29, 1.82) is 0 Å². The summed E-state index contributed by atoms with van der Waals surface area (Å²) in [5.41, 5.74) is 5.17. The van der Waals surface area contributed by atoms with Crippen LogP contribution in [0.15, 0.2) is 6.07 Å². The highest BCUT2D eigenvalue weighted by Crippen LogP contribution is 2.29. The van der Waals surface area contributed by atoms with E-state index in [1.807, 2.05) is 0 Å². The highest BCUT2D eigenvalue weighted by Gasteiger charge is 2.21. The lowest BCUT2D eigenvalue weighted by Crippen LogP contribution is -2.12. The molecular weight excluding hydrogens is 254 g/mol. The Labute approximate surface area is 102 Å². The SMILES string of the molecule is COC(=O)Cc1nc(CCl)cc(N)c1C(F)F. The topological polar surface area (TPSA) is 65.2 Å². The van der Waals surface area contributed by atoms with Gasteiger partial charge in [-0.15, -0.1) is 11.6 Å². The molecule has 0 amide bonds. The minimum absolute atomic E-state index is 0.0297. The van der Waals surface area contributed by atoms with Gasteiger partial charge in [-0.2, -0.15) is 0 Å². The molecule has 1 rings (SSSR count). The number of hydrogen-bond donors (Lipinski definition) is 1. The second-order valence-electron chi connectivity index (χ2n) is 3.25. The minimum Gasteiger partial charge on any atom is -0.469 e. The molecule has 1 heterocycles. The molecule has 94 valence electrons. The molecule has 0 saturated carbocycles. The van der Waals surface area contributed by atoms with Gasteiger partial charge < -0.3 is 10.5 Å². The Morgan fingerprint density at radius 3 is 2.76 bits per heavy atom. The summed E-state index contributed by atoms with van der Waals surface area (Å²) in [7, 11) is 1.17. The van der Waals surface area contributed by atoms with Gasteiger partial charge in [-0.3, -0.25) is 9.78 Å². The Kier molecular flexibility index (Phi) is 4.62. The normalized spacial score (nSPS) is 10.6. The summed E-state index contributed by atoms with van der Waals surface area (Å²) in [5, 5.41) is 0. The third-order valence-electron chi connectivity index (χ3n) is 2.12. The fraction of sp³-hybridized carbons (Fsp3) is 0.400. The summed E-state index contributed by atoms with van der Waals surface area (Å²) >= 11 is 5.55. The van der Waals surface area contributed by atoms with Crippen LogP contribution in [0.3, 0.4) is 0 Å². The lowest BCUT2D eigenvalue weighted by Gasteiger charge is -2.11. The predicted molar refractivity (Wildman–Crippen MR) is 58.9 cm³/mol. The molecule has 1 aromatic rings. The van der Waals surface area contributed by atoms with Gasteiger partial charge in [-0.05, 0) is 6.07 Å². The number of carbonyl (C=O) groups excluding carboxylic acids is 1. The summed E-state index contributed by atoms with van der Waals surface area (Å²) in [4.78, 5) is 15.0. The van der Waals surface area contributed by atoms with Crippen molar-refractivity contribution in [3.63, 3.8) is 0 Å². The van der Waals surface area contributed by atoms with E-state index in [-0.39, 0.29) is 23.7 Å². The van der Waals surface area contributed by atoms with E-state index in [1.165, 1.54) is 13.2 Å². The number of hydrogen-bond acceptors (Lipinski definition) is 4. The van der Waals surface area contributed by atoms with Gasteiger partial charge in [0.15, 0.2) is 0 Å². The van der Waals surface area contributed by atoms with Crippen LogP contribution >= 0.6 is 11.6 Å². The van der Waals surface area contributed by atoms with Gasteiger partial charge in [0.2, 0.25) is 0 Å². The zero-order valence-electron chi connectivity index (χ0n) is 9.04. The molecule has 0 atom stereocenters. The first kappa shape index (κ1) is 13.6. The summed E-state index contributed by atoms with van der Waals surface area (Å²) in [5.74, 6) is -0.632. The number of nitrogens with zero attached hydrogens (tertiary/aromatic N) is 1. The van der Waals surface area contributed by atoms with Crippen molar-refractivity contribution >= 4 is 23.3 Å². The van der Waals surface area contributed by atoms with Gasteiger partial charge in [-0.1, -0.05) is 0 Å². The molecular formula is C10H11ClF2N2O2. The average molecular weight is 265 g/mol. The molecule has 4 nitrogen and oxygen atoms in total. The van der Waals surface area contributed by atoms with Crippen LogP contribution in [-0.4, -0.2) is 18.1 Å². The summed E-state index contributed by atoms with van der Waals surface area (Å²) < 4.78 is 30.0. The third kappa shape index (κ3) is 3.26. The quantitative estimate of drug-likeness (QED) is 0.668. The lowest BCUT2D eigenvalue weighted by molar-refractivity contribution is -0.139. The lowest BCUT2D eigenvalue weighted by atomic mass is 10.1. The van der Waals surface area contributed by atoms with E-state index in [0.29, 0.717) is 5.69 Å². The Balaban J connectivity index is 3.22. The molecule has 7 heteroatoms. The number of nitrogen functional groups attached to an aromatic ring is 1. The van der Waals surface area contributed by atoms with Crippen molar-refractivity contribution in [2.45, 2.75) is 18.7 Å². The summed E-state index contributed by atoms with van der Waals surface area (Å²) in [6.45, 7) is 0. The Hall–Kier alpha value is -1.43. The minimum atomic E-state index is -2.80. The third-order valence-corrected chi connectivity index (χ3v) is 2.39. The van der Waals surface area contributed by atoms with Crippen molar-refractivity contribution in [1.82, 2.24) is 4.98 Å². The standard InChI is InChI=1S/C10H11ClF2N2O2/c1-17-8(16)3-7-9(10(12)13)6(14)2-5(4-11)15-7/h2,10H,3-4H2,1H3,(H2,14,15). The maximum atomic E-state index is 12.8. The molecule has 0 aliphatic heterocycles. The molecule has 0 unspecified atom stereocenters. The second-order valence-corrected chi connectivity index (χ2v) is 3.52. The number of pyridine rings is 1. The number of halogens is 3. The van der Waals surface area contributed by atoms with Crippen molar-refractivity contribution in [3.05, 3.63) is 23.0 Å². The van der Waals surface area contributed by atoms with E-state index in [2.05, 4.69) is 9.72 Å². The van der Waals surface area contributed by atoms with Crippen LogP contribution in [0.4, 0.5) is 14.5 Å². The number of rotatable bonds is 4. The molecule has 0 bridgehead atoms. The van der Waals surface area contributed by atoms with E-state index < -0.39 is 18.0 Å². The molecule has 0 fully saturated rings. The number of anilines is 1. The average Bonchev–Trinajstić information content (AvgIpc) is 2.27. The smallest absolute Gasteiger partial charge is 0.311 e. The van der Waals surface area contributed by atoms with Crippen LogP contribution < -0.4 is 5.73 Å². The van der Waals surface area contributed by atoms with E-state index >= 15 is 0 Å². The fourth-order valence-corrected chi connectivity index (χ4v) is 1.49. The van der Waals surface area contributed by atoms with E-state index in [1.54, 1.807) is 0 Å². The highest BCUT2D eigenvalue weighted by atomic mass is 35.5. The molecule has 17 heavy (non-hydrogen) atoms. The molecule has 0 aliphatic carbocycles. The summed E-state index contributed by atoms with van der Waals surface area (Å²) in [6.07, 6.45) is -3.16. The molecule has 0 radical (unpaired) electrons. The van der Waals surface area contributed by atoms with Gasteiger partial charge >= 0.3 is 5.97 Å². The van der Waals surface area contributed by atoms with Crippen LogP contribution in [0.2, 0.25) is 0 Å². The van der Waals surface area contributed by atoms with Crippen molar-refractivity contribution in [2.75, 3.05) is 12.8 Å². The van der Waals surface area contributed by atoms with E-state index in [9.17, 15) is 13.6 Å². The number of aromatic nitrogens is 1. The Morgan fingerprint density at radius 1 is 1.65 bits per heavy atom. The van der Waals surface area contributed by atoms with Gasteiger partial charge in [-0.25, -0.2) is 8.78 Å². The van der Waals surface area contributed by atoms with Crippen LogP contribution in [0.25, 0.3) is 0 Å². The van der Waals surface area contributed by atoms with Gasteiger partial charge in [0.25, 0.3) is 6.43 Å². The van der Waals surface area contributed by atoms with Crippen molar-refractivity contribution < 1.29 is 18.3 Å². The molecule has 0 spiro atoms. The predicted octanol–water partition coefficient (Wildman–Crippen LogP) is 2.06. The zero-order chi connectivity index (χ0) is 13.0. The number of ether oxygens (including phenoxy) is 1. The highest BCUT2D eigenvalue weighted by molar-refractivity contribution is 6.16. The second kappa shape index (κ2) is 5.77. The first-order chi connectivity index (χ1) is 7.99. The number of esters is 1. The summed E-state index contributed by atoms with van der Waals surface area (Å²) in [6, 6.07) is 1.27. The molecule has 2 N–H and O–H groups in total. The maximum Gasteiger partial charge on any atom is 0.311 e. The van der Waals surface area contributed by atoms with Crippen molar-refractivity contribution in [2.24, 2.45) is 0 Å². The molecule has 0 aliphatic rings. The number of methoxy groups -OCH3 is 1. The molecule has 0 aromatic carbocycles. The first-order valence-electron chi connectivity index (χ1n) is 4.68. The Morgan fingerprint density at radius 2 is 2.29 bits per heavy atom. The number of nitrogens with two attached hydrogens (primary N) is 1. The van der Waals surface area contributed by atoms with E-state index in [0.717, 1.165) is 0 Å². The van der Waals surface area contributed by atoms with Gasteiger partial charge in [0, 0.05) is 5.69 Å².